The van der Waals surface area contributed by atoms with Gasteiger partial charge in [-0.25, -0.2) is 4.98 Å². The molecule has 118 valence electrons. The maximum atomic E-state index is 10.9. The van der Waals surface area contributed by atoms with E-state index in [2.05, 4.69) is 16.0 Å². The number of hydrogen-bond donors (Lipinski definition) is 1. The number of anilines is 1. The van der Waals surface area contributed by atoms with Crippen molar-refractivity contribution in [2.24, 2.45) is 5.92 Å². The maximum Gasteiger partial charge on any atom is 0.270 e. The summed E-state index contributed by atoms with van der Waals surface area (Å²) in [5.74, 6) is 1.03. The van der Waals surface area contributed by atoms with Crippen LogP contribution in [0, 0.1) is 27.4 Å². The molecule has 0 amide bonds. The molecule has 1 fully saturated rings. The average molecular weight is 312 g/mol. The first-order valence-electron chi connectivity index (χ1n) is 7.47. The number of fused-ring (bicyclic) bond motifs is 1. The number of rotatable bonds is 3. The monoisotopic (exact) mass is 312 g/mol. The lowest BCUT2D eigenvalue weighted by atomic mass is 9.98. The van der Waals surface area contributed by atoms with E-state index >= 15 is 0 Å². The number of benzene rings is 1. The van der Waals surface area contributed by atoms with Crippen LogP contribution < -0.4 is 4.90 Å². The zero-order chi connectivity index (χ0) is 16.4. The van der Waals surface area contributed by atoms with Gasteiger partial charge in [-0.1, -0.05) is 0 Å². The van der Waals surface area contributed by atoms with Gasteiger partial charge in [-0.3, -0.25) is 10.1 Å². The van der Waals surface area contributed by atoms with Crippen molar-refractivity contribution in [1.82, 2.24) is 4.98 Å². The van der Waals surface area contributed by atoms with Crippen molar-refractivity contribution in [3.8, 4) is 6.07 Å². The second-order valence-electron chi connectivity index (χ2n) is 5.71. The van der Waals surface area contributed by atoms with Crippen LogP contribution in [-0.4, -0.2) is 34.7 Å². The second-order valence-corrected chi connectivity index (χ2v) is 5.71. The van der Waals surface area contributed by atoms with Crippen molar-refractivity contribution in [2.75, 3.05) is 24.6 Å². The highest BCUT2D eigenvalue weighted by Gasteiger charge is 2.21. The predicted molar refractivity (Wildman–Crippen MR) is 85.1 cm³/mol. The topological polar surface area (TPSA) is 103 Å². The molecule has 1 aromatic carbocycles. The van der Waals surface area contributed by atoms with Gasteiger partial charge in [0, 0.05) is 37.2 Å². The SMILES string of the molecule is N#Cc1cc(N2CCC(CO)CC2)nc2ccc([N+](=O)[O-])cc12. The minimum atomic E-state index is -0.478. The lowest BCUT2D eigenvalue weighted by Crippen LogP contribution is -2.35. The fourth-order valence-corrected chi connectivity index (χ4v) is 2.91. The molecule has 2 aromatic rings. The molecule has 23 heavy (non-hydrogen) atoms. The van der Waals surface area contributed by atoms with E-state index in [9.17, 15) is 20.5 Å². The molecule has 3 rings (SSSR count). The van der Waals surface area contributed by atoms with E-state index in [0.717, 1.165) is 25.9 Å². The summed E-state index contributed by atoms with van der Waals surface area (Å²) in [7, 11) is 0. The molecule has 1 aliphatic rings. The van der Waals surface area contributed by atoms with Crippen LogP contribution >= 0.6 is 0 Å². The van der Waals surface area contributed by atoms with Gasteiger partial charge in [0.25, 0.3) is 5.69 Å². The van der Waals surface area contributed by atoms with Crippen molar-refractivity contribution in [1.29, 1.82) is 5.26 Å². The van der Waals surface area contributed by atoms with Gasteiger partial charge in [0.15, 0.2) is 0 Å². The Morgan fingerprint density at radius 1 is 1.39 bits per heavy atom. The fraction of sp³-hybridized carbons (Fsp3) is 0.375. The number of pyridine rings is 1. The Kier molecular flexibility index (Phi) is 4.08. The molecule has 0 saturated carbocycles. The molecule has 1 saturated heterocycles. The summed E-state index contributed by atoms with van der Waals surface area (Å²) in [6.45, 7) is 1.76. The van der Waals surface area contributed by atoms with Crippen LogP contribution in [0.1, 0.15) is 18.4 Å². The van der Waals surface area contributed by atoms with E-state index in [0.29, 0.717) is 28.2 Å². The van der Waals surface area contributed by atoms with Crippen molar-refractivity contribution >= 4 is 22.4 Å². The van der Waals surface area contributed by atoms with Gasteiger partial charge in [-0.15, -0.1) is 0 Å². The molecule has 1 aromatic heterocycles. The average Bonchev–Trinajstić information content (AvgIpc) is 2.60. The van der Waals surface area contributed by atoms with Crippen molar-refractivity contribution in [3.63, 3.8) is 0 Å². The molecule has 0 radical (unpaired) electrons. The van der Waals surface area contributed by atoms with E-state index in [1.54, 1.807) is 12.1 Å². The Labute approximate surface area is 132 Å². The van der Waals surface area contributed by atoms with Crippen LogP contribution in [0.15, 0.2) is 24.3 Å². The van der Waals surface area contributed by atoms with Gasteiger partial charge >= 0.3 is 0 Å². The third kappa shape index (κ3) is 2.94. The molecule has 7 nitrogen and oxygen atoms in total. The van der Waals surface area contributed by atoms with Gasteiger partial charge in [0.1, 0.15) is 5.82 Å². The third-order valence-electron chi connectivity index (χ3n) is 4.31. The highest BCUT2D eigenvalue weighted by molar-refractivity contribution is 5.88. The molecule has 0 spiro atoms. The standard InChI is InChI=1S/C16H16N4O3/c17-9-12-7-16(19-5-3-11(10-21)4-6-19)18-15-2-1-13(20(22)23)8-14(12)15/h1-2,7-8,11,21H,3-6,10H2. The Bertz CT molecular complexity index is 792. The van der Waals surface area contributed by atoms with Gasteiger partial charge in [-0.05, 0) is 30.9 Å². The summed E-state index contributed by atoms with van der Waals surface area (Å²) in [6.07, 6.45) is 1.77. The van der Waals surface area contributed by atoms with E-state index < -0.39 is 4.92 Å². The number of aromatic nitrogens is 1. The quantitative estimate of drug-likeness (QED) is 0.688. The van der Waals surface area contributed by atoms with Gasteiger partial charge < -0.3 is 10.0 Å². The highest BCUT2D eigenvalue weighted by atomic mass is 16.6. The zero-order valence-electron chi connectivity index (χ0n) is 12.5. The number of nitro benzene ring substituents is 1. The Morgan fingerprint density at radius 2 is 2.13 bits per heavy atom. The molecule has 1 aliphatic heterocycles. The van der Waals surface area contributed by atoms with Gasteiger partial charge in [0.2, 0.25) is 0 Å². The van der Waals surface area contributed by atoms with Crippen LogP contribution in [0.5, 0.6) is 0 Å². The normalized spacial score (nSPS) is 15.6. The summed E-state index contributed by atoms with van der Waals surface area (Å²) >= 11 is 0. The largest absolute Gasteiger partial charge is 0.396 e. The molecule has 0 bridgehead atoms. The first-order chi connectivity index (χ1) is 11.1. The van der Waals surface area contributed by atoms with Gasteiger partial charge in [0.05, 0.1) is 22.1 Å². The first kappa shape index (κ1) is 15.2. The molecule has 0 aliphatic carbocycles. The zero-order valence-corrected chi connectivity index (χ0v) is 12.5. The van der Waals surface area contributed by atoms with E-state index in [1.807, 2.05) is 0 Å². The minimum absolute atomic E-state index is 0.0488. The summed E-state index contributed by atoms with van der Waals surface area (Å²) in [4.78, 5) is 17.1. The van der Waals surface area contributed by atoms with E-state index in [4.69, 9.17) is 0 Å². The summed E-state index contributed by atoms with van der Waals surface area (Å²) in [6, 6.07) is 8.17. The Morgan fingerprint density at radius 3 is 2.74 bits per heavy atom. The van der Waals surface area contributed by atoms with Crippen LogP contribution in [0.4, 0.5) is 11.5 Å². The molecular weight excluding hydrogens is 296 g/mol. The van der Waals surface area contributed by atoms with Gasteiger partial charge in [-0.2, -0.15) is 5.26 Å². The number of non-ortho nitro benzene ring substituents is 1. The Hall–Kier alpha value is -2.72. The van der Waals surface area contributed by atoms with E-state index in [1.165, 1.54) is 12.1 Å². The van der Waals surface area contributed by atoms with Crippen molar-refractivity contribution in [3.05, 3.63) is 39.9 Å². The van der Waals surface area contributed by atoms with Crippen LogP contribution in [-0.2, 0) is 0 Å². The van der Waals surface area contributed by atoms with Crippen LogP contribution in [0.3, 0.4) is 0 Å². The highest BCUT2D eigenvalue weighted by Crippen LogP contribution is 2.28. The molecule has 0 atom stereocenters. The van der Waals surface area contributed by atoms with Crippen LogP contribution in [0.25, 0.3) is 10.9 Å². The number of nitrogens with zero attached hydrogens (tertiary/aromatic N) is 4. The molecule has 7 heteroatoms. The summed E-state index contributed by atoms with van der Waals surface area (Å²) < 4.78 is 0. The maximum absolute atomic E-state index is 10.9. The van der Waals surface area contributed by atoms with Crippen molar-refractivity contribution < 1.29 is 10.0 Å². The second kappa shape index (κ2) is 6.18. The number of nitro groups is 1. The first-order valence-corrected chi connectivity index (χ1v) is 7.47. The Balaban J connectivity index is 1.99. The summed E-state index contributed by atoms with van der Waals surface area (Å²) in [5.41, 5.74) is 0.916. The fourth-order valence-electron chi connectivity index (χ4n) is 2.91. The number of piperidine rings is 1. The number of hydrogen-bond acceptors (Lipinski definition) is 6. The summed E-state index contributed by atoms with van der Waals surface area (Å²) in [5, 5.41) is 30.0. The van der Waals surface area contributed by atoms with Crippen molar-refractivity contribution in [2.45, 2.75) is 12.8 Å². The molecular formula is C16H16N4O3. The third-order valence-corrected chi connectivity index (χ3v) is 4.31. The minimum Gasteiger partial charge on any atom is -0.396 e. The van der Waals surface area contributed by atoms with Crippen LogP contribution in [0.2, 0.25) is 0 Å². The predicted octanol–water partition coefficient (Wildman–Crippen LogP) is 2.22. The number of aliphatic hydroxyl groups is 1. The lowest BCUT2D eigenvalue weighted by molar-refractivity contribution is -0.384. The lowest BCUT2D eigenvalue weighted by Gasteiger charge is -2.32. The molecule has 1 N–H and O–H groups in total. The molecule has 0 unspecified atom stereocenters. The number of nitriles is 1. The number of aliphatic hydroxyl groups excluding tert-OH is 1. The molecule has 2 heterocycles. The smallest absolute Gasteiger partial charge is 0.270 e. The van der Waals surface area contributed by atoms with E-state index in [-0.39, 0.29) is 12.3 Å².